The minimum Gasteiger partial charge on any atom is -0.486 e. The number of thiophene rings is 1. The highest BCUT2D eigenvalue weighted by atomic mass is 35.5. The predicted molar refractivity (Wildman–Crippen MR) is 196 cm³/mol. The molecule has 10 nitrogen and oxygen atoms in total. The van der Waals surface area contributed by atoms with Gasteiger partial charge < -0.3 is 30.1 Å². The summed E-state index contributed by atoms with van der Waals surface area (Å²) in [7, 11) is 2.08. The van der Waals surface area contributed by atoms with Crippen molar-refractivity contribution in [3.05, 3.63) is 46.0 Å². The molecule has 6 heterocycles. The summed E-state index contributed by atoms with van der Waals surface area (Å²) < 4.78 is 72.9. The predicted octanol–water partition coefficient (Wildman–Crippen LogP) is 6.96. The Hall–Kier alpha value is -3.94. The van der Waals surface area contributed by atoms with Crippen molar-refractivity contribution in [2.24, 2.45) is 5.92 Å². The molecule has 2 atom stereocenters. The summed E-state index contributed by atoms with van der Waals surface area (Å²) in [4.78, 5) is 15.8. The van der Waals surface area contributed by atoms with Crippen LogP contribution in [0.15, 0.2) is 23.8 Å². The van der Waals surface area contributed by atoms with Gasteiger partial charge in [0.05, 0.1) is 32.8 Å². The third-order valence-corrected chi connectivity index (χ3v) is 12.8. The number of nitriles is 1. The van der Waals surface area contributed by atoms with Gasteiger partial charge in [0.15, 0.2) is 11.6 Å². The van der Waals surface area contributed by atoms with E-state index in [-0.39, 0.29) is 91.2 Å². The zero-order valence-electron chi connectivity index (χ0n) is 29.0. The summed E-state index contributed by atoms with van der Waals surface area (Å²) in [6, 6.07) is 4.39. The van der Waals surface area contributed by atoms with Crippen LogP contribution in [-0.4, -0.2) is 96.0 Å². The van der Waals surface area contributed by atoms with E-state index in [4.69, 9.17) is 31.8 Å². The maximum absolute atomic E-state index is 17.5. The quantitative estimate of drug-likeness (QED) is 0.191. The average molecular weight is 772 g/mol. The lowest BCUT2D eigenvalue weighted by Gasteiger charge is -2.36. The van der Waals surface area contributed by atoms with E-state index in [0.29, 0.717) is 44.2 Å². The molecule has 1 unspecified atom stereocenters. The molecule has 0 bridgehead atoms. The number of rotatable bonds is 7. The van der Waals surface area contributed by atoms with Gasteiger partial charge in [-0.05, 0) is 76.3 Å². The van der Waals surface area contributed by atoms with E-state index >= 15 is 8.78 Å². The lowest BCUT2D eigenvalue weighted by Crippen LogP contribution is -2.43. The zero-order chi connectivity index (χ0) is 37.2. The molecule has 4 aliphatic rings. The van der Waals surface area contributed by atoms with Crippen molar-refractivity contribution in [3.8, 4) is 29.0 Å². The first-order chi connectivity index (χ1) is 25.5. The molecule has 0 amide bonds. The van der Waals surface area contributed by atoms with E-state index in [1.165, 1.54) is 6.07 Å². The SMILES string of the molecule is CN1CCC(CN2CCC(CO)Oc3c(Cl)c(-c4ccc(F)c5sc(N)c(C#N)c45)c(F)c4nc(OC[C@@]56CCCN5CC(=C(F)F)C6)nc2c34)CC1. The Morgan fingerprint density at radius 3 is 2.70 bits per heavy atom. The second-order valence-corrected chi connectivity index (χ2v) is 16.1. The fourth-order valence-corrected chi connectivity index (χ4v) is 9.82. The second kappa shape index (κ2) is 14.0. The Morgan fingerprint density at radius 2 is 1.96 bits per heavy atom. The highest BCUT2D eigenvalue weighted by Gasteiger charge is 2.48. The third kappa shape index (κ3) is 6.22. The van der Waals surface area contributed by atoms with Crippen LogP contribution in [0.3, 0.4) is 0 Å². The van der Waals surface area contributed by atoms with Gasteiger partial charge in [-0.3, -0.25) is 4.90 Å². The molecule has 3 N–H and O–H groups in total. The fourth-order valence-electron chi connectivity index (χ4n) is 8.54. The van der Waals surface area contributed by atoms with E-state index in [0.717, 1.165) is 49.8 Å². The Kier molecular flexibility index (Phi) is 9.55. The van der Waals surface area contributed by atoms with Crippen molar-refractivity contribution in [1.29, 1.82) is 5.26 Å². The second-order valence-electron chi connectivity index (χ2n) is 14.6. The Balaban J connectivity index is 1.33. The average Bonchev–Trinajstić information content (AvgIpc) is 3.81. The molecule has 53 heavy (non-hydrogen) atoms. The number of hydrogen-bond donors (Lipinski definition) is 2. The molecule has 0 saturated carbocycles. The van der Waals surface area contributed by atoms with Crippen molar-refractivity contribution in [2.75, 3.05) is 70.2 Å². The molecule has 280 valence electrons. The summed E-state index contributed by atoms with van der Waals surface area (Å²) in [6.45, 7) is 3.33. The number of benzene rings is 2. The number of nitrogens with two attached hydrogens (primary N) is 1. The maximum Gasteiger partial charge on any atom is 0.319 e. The third-order valence-electron chi connectivity index (χ3n) is 11.4. The number of ether oxygens (including phenoxy) is 2. The van der Waals surface area contributed by atoms with Crippen LogP contribution in [-0.2, 0) is 0 Å². The molecule has 0 radical (unpaired) electrons. The summed E-state index contributed by atoms with van der Waals surface area (Å²) in [6.07, 6.45) is 1.49. The molecule has 0 spiro atoms. The number of aromatic nitrogens is 2. The van der Waals surface area contributed by atoms with Gasteiger partial charge in [0, 0.05) is 42.6 Å². The number of anilines is 2. The number of piperidine rings is 1. The van der Waals surface area contributed by atoms with Gasteiger partial charge in [0.25, 0.3) is 6.08 Å². The first-order valence-electron chi connectivity index (χ1n) is 17.8. The van der Waals surface area contributed by atoms with Crippen LogP contribution in [0, 0.1) is 28.9 Å². The van der Waals surface area contributed by atoms with Crippen LogP contribution < -0.4 is 20.1 Å². The number of likely N-dealkylation sites (tertiary alicyclic amines) is 1. The minimum absolute atomic E-state index is 0.0139. The number of nitrogen functional groups attached to an aromatic ring is 1. The van der Waals surface area contributed by atoms with Crippen molar-refractivity contribution >= 4 is 54.7 Å². The Morgan fingerprint density at radius 1 is 1.17 bits per heavy atom. The molecule has 4 aliphatic heterocycles. The summed E-state index contributed by atoms with van der Waals surface area (Å²) in [5, 5.41) is 20.6. The van der Waals surface area contributed by atoms with Crippen LogP contribution in [0.4, 0.5) is 28.4 Å². The van der Waals surface area contributed by atoms with Crippen LogP contribution in [0.25, 0.3) is 32.1 Å². The van der Waals surface area contributed by atoms with Gasteiger partial charge >= 0.3 is 6.01 Å². The van der Waals surface area contributed by atoms with E-state index in [1.807, 2.05) is 11.0 Å². The number of hydrogen-bond acceptors (Lipinski definition) is 11. The monoisotopic (exact) mass is 771 g/mol. The summed E-state index contributed by atoms with van der Waals surface area (Å²) in [5.74, 6) is -0.836. The van der Waals surface area contributed by atoms with Crippen molar-refractivity contribution in [1.82, 2.24) is 19.8 Å². The molecule has 0 aliphatic carbocycles. The van der Waals surface area contributed by atoms with Crippen LogP contribution in [0.2, 0.25) is 5.02 Å². The lowest BCUT2D eigenvalue weighted by molar-refractivity contribution is 0.107. The number of aliphatic hydroxyl groups is 1. The first-order valence-corrected chi connectivity index (χ1v) is 19.0. The molecule has 3 saturated heterocycles. The standard InChI is InChI=1S/C37H38ClF4N7O3S/c1-47-10-5-19(6-11-47)15-48-12-7-21(17-50)52-31-27-30(29(40)26(28(31)38)22-3-4-24(39)32-25(22)23(14-43)34(44)53-32)45-36(46-35(27)48)51-18-37-8-2-9-49(37)16-20(13-37)33(41)42/h3-4,19,21,50H,2,5-13,15-18,44H2,1H3/t21?,37-/m0/s1. The first kappa shape index (κ1) is 36.1. The van der Waals surface area contributed by atoms with Crippen molar-refractivity contribution in [3.63, 3.8) is 0 Å². The zero-order valence-corrected chi connectivity index (χ0v) is 30.6. The molecule has 2 aromatic carbocycles. The van der Waals surface area contributed by atoms with E-state index in [9.17, 15) is 19.1 Å². The fraction of sp³-hybridized carbons (Fsp3) is 0.486. The van der Waals surface area contributed by atoms with Gasteiger partial charge in [-0.15, -0.1) is 11.3 Å². The summed E-state index contributed by atoms with van der Waals surface area (Å²) in [5.41, 5.74) is 5.27. The van der Waals surface area contributed by atoms with Crippen LogP contribution in [0.5, 0.6) is 11.8 Å². The highest BCUT2D eigenvalue weighted by Crippen LogP contribution is 2.51. The van der Waals surface area contributed by atoms with E-state index in [2.05, 4.69) is 21.8 Å². The van der Waals surface area contributed by atoms with Crippen molar-refractivity contribution in [2.45, 2.75) is 50.2 Å². The summed E-state index contributed by atoms with van der Waals surface area (Å²) >= 11 is 8.01. The topological polar surface area (TPSA) is 124 Å². The van der Waals surface area contributed by atoms with Gasteiger partial charge in [-0.1, -0.05) is 17.7 Å². The maximum atomic E-state index is 17.5. The number of fused-ring (bicyclic) bond motifs is 2. The van der Waals surface area contributed by atoms with Gasteiger partial charge in [-0.25, -0.2) is 8.78 Å². The number of halogens is 5. The number of nitrogens with zero attached hydrogens (tertiary/aromatic N) is 6. The Bertz CT molecular complexity index is 2190. The van der Waals surface area contributed by atoms with Gasteiger partial charge in [0.1, 0.15) is 40.9 Å². The Labute approximate surface area is 312 Å². The van der Waals surface area contributed by atoms with Crippen LogP contribution >= 0.6 is 22.9 Å². The van der Waals surface area contributed by atoms with Gasteiger partial charge in [0.2, 0.25) is 0 Å². The highest BCUT2D eigenvalue weighted by molar-refractivity contribution is 7.23. The minimum atomic E-state index is -1.68. The molecule has 2 aromatic heterocycles. The lowest BCUT2D eigenvalue weighted by atomic mass is 9.94. The number of aliphatic hydroxyl groups excluding tert-OH is 1. The molecule has 8 rings (SSSR count). The molecular formula is C37H38ClF4N7O3S. The smallest absolute Gasteiger partial charge is 0.319 e. The molecule has 4 aromatic rings. The molecule has 16 heteroatoms. The molecule has 3 fully saturated rings. The van der Waals surface area contributed by atoms with Crippen molar-refractivity contribution < 1.29 is 32.1 Å². The largest absolute Gasteiger partial charge is 0.486 e. The molecular weight excluding hydrogens is 734 g/mol. The van der Waals surface area contributed by atoms with E-state index in [1.54, 1.807) is 0 Å². The van der Waals surface area contributed by atoms with Gasteiger partial charge in [-0.2, -0.15) is 24.0 Å². The normalized spacial score (nSPS) is 22.6. The van der Waals surface area contributed by atoms with E-state index < -0.39 is 29.4 Å². The van der Waals surface area contributed by atoms with Crippen LogP contribution in [0.1, 0.15) is 44.1 Å².